The van der Waals surface area contributed by atoms with Crippen LogP contribution in [0.4, 0.5) is 5.82 Å². The third kappa shape index (κ3) is 4.44. The molecule has 0 radical (unpaired) electrons. The van der Waals surface area contributed by atoms with E-state index in [2.05, 4.69) is 35.8 Å². The van der Waals surface area contributed by atoms with E-state index in [0.717, 1.165) is 4.88 Å². The van der Waals surface area contributed by atoms with Gasteiger partial charge in [0.15, 0.2) is 12.3 Å². The maximum atomic E-state index is 12.7. The smallest absolute Gasteiger partial charge is 0.377 e. The van der Waals surface area contributed by atoms with Crippen molar-refractivity contribution < 1.29 is 28.7 Å². The van der Waals surface area contributed by atoms with Crippen molar-refractivity contribution in [2.24, 2.45) is 5.10 Å². The molecule has 0 spiro atoms. The fourth-order valence-corrected chi connectivity index (χ4v) is 3.38. The van der Waals surface area contributed by atoms with Crippen LogP contribution in [0.25, 0.3) is 16.4 Å². The molecule has 0 saturated carbocycles. The summed E-state index contributed by atoms with van der Waals surface area (Å²) in [4.78, 5) is 24.0. The van der Waals surface area contributed by atoms with Gasteiger partial charge in [-0.25, -0.2) is 10.2 Å². The van der Waals surface area contributed by atoms with Gasteiger partial charge in [-0.3, -0.25) is 4.79 Å². The number of H-pyrrole nitrogens is 1. The lowest BCUT2D eigenvalue weighted by molar-refractivity contribution is -0.652. The van der Waals surface area contributed by atoms with Crippen molar-refractivity contribution in [3.8, 4) is 22.1 Å². The first-order valence-corrected chi connectivity index (χ1v) is 9.81. The number of nitrogen functional groups attached to an aromatic ring is 1. The van der Waals surface area contributed by atoms with Crippen LogP contribution in [0.1, 0.15) is 16.1 Å². The first kappa shape index (κ1) is 20.7. The molecule has 0 saturated heterocycles. The van der Waals surface area contributed by atoms with Gasteiger partial charge < -0.3 is 15.6 Å². The summed E-state index contributed by atoms with van der Waals surface area (Å²) in [5.74, 6) is -1.05. The molecule has 0 fully saturated rings. The van der Waals surface area contributed by atoms with Gasteiger partial charge in [-0.1, -0.05) is 6.07 Å². The van der Waals surface area contributed by atoms with Crippen LogP contribution in [-0.2, 0) is 4.79 Å². The Hall–Kier alpha value is -4.59. The lowest BCUT2D eigenvalue weighted by Gasteiger charge is -2.02. The van der Waals surface area contributed by atoms with Gasteiger partial charge in [0.05, 0.1) is 11.1 Å². The van der Waals surface area contributed by atoms with Gasteiger partial charge in [-0.2, -0.15) is 9.73 Å². The number of carbonyl (C=O) groups is 2. The Morgan fingerprint density at radius 1 is 1.31 bits per heavy atom. The number of hydrazone groups is 1. The van der Waals surface area contributed by atoms with Gasteiger partial charge in [-0.15, -0.1) is 21.2 Å². The summed E-state index contributed by atoms with van der Waals surface area (Å²) >= 11 is 1.39. The molecule has 1 aromatic carbocycles. The summed E-state index contributed by atoms with van der Waals surface area (Å²) in [6.45, 7) is -0.435. The number of rotatable bonds is 8. The molecule has 32 heavy (non-hydrogen) atoms. The van der Waals surface area contributed by atoms with Crippen molar-refractivity contribution in [3.05, 3.63) is 53.0 Å². The number of hydrogen-bond acceptors (Lipinski definition) is 10. The molecule has 3 aromatic heterocycles. The largest absolute Gasteiger partial charge is 0.482 e. The number of aromatic nitrogens is 5. The molecule has 1 amide bonds. The molecular weight excluding hydrogens is 440 g/mol. The van der Waals surface area contributed by atoms with Crippen molar-refractivity contribution >= 4 is 35.2 Å². The van der Waals surface area contributed by atoms with Gasteiger partial charge >= 0.3 is 17.7 Å². The number of nitrogens with one attached hydrogen (secondary N) is 2. The molecule has 4 rings (SSSR count). The van der Waals surface area contributed by atoms with Crippen LogP contribution in [0, 0.1) is 0 Å². The fourth-order valence-electron chi connectivity index (χ4n) is 2.62. The monoisotopic (exact) mass is 455 g/mol. The van der Waals surface area contributed by atoms with Gasteiger partial charge in [-0.05, 0) is 51.5 Å². The Bertz CT molecular complexity index is 1260. The zero-order valence-electron chi connectivity index (χ0n) is 16.1. The Balaban J connectivity index is 1.51. The van der Waals surface area contributed by atoms with Gasteiger partial charge in [0.1, 0.15) is 10.9 Å². The van der Waals surface area contributed by atoms with Crippen LogP contribution < -0.4 is 20.6 Å². The highest BCUT2D eigenvalue weighted by Gasteiger charge is 2.31. The molecule has 3 heterocycles. The topological polar surface area (TPSA) is 185 Å². The van der Waals surface area contributed by atoms with E-state index in [1.54, 1.807) is 24.3 Å². The maximum absolute atomic E-state index is 12.7. The number of ether oxygens (including phenoxy) is 1. The van der Waals surface area contributed by atoms with E-state index in [0.29, 0.717) is 17.0 Å². The number of nitrogens with zero attached hydrogens (tertiary/aromatic N) is 5. The van der Waals surface area contributed by atoms with Crippen LogP contribution in [0.5, 0.6) is 5.75 Å². The SMILES string of the molecule is Nc1nonc1-[n+]1[nH]nc(C(=O)N/N=C/c2ccc(OCC(=O)O)cc2)c1-c1cccs1. The molecule has 0 aliphatic rings. The maximum Gasteiger partial charge on any atom is 0.377 e. The van der Waals surface area contributed by atoms with Gasteiger partial charge in [0, 0.05) is 0 Å². The average molecular weight is 455 g/mol. The van der Waals surface area contributed by atoms with E-state index in [1.165, 1.54) is 22.2 Å². The number of nitrogens with two attached hydrogens (primary N) is 1. The molecule has 0 aliphatic carbocycles. The zero-order valence-corrected chi connectivity index (χ0v) is 16.9. The first-order chi connectivity index (χ1) is 15.5. The Labute approximate surface area is 183 Å². The molecule has 0 aliphatic heterocycles. The number of aliphatic carboxylic acids is 1. The van der Waals surface area contributed by atoms with Crippen LogP contribution in [0.2, 0.25) is 0 Å². The van der Waals surface area contributed by atoms with Crippen molar-refractivity contribution in [2.45, 2.75) is 0 Å². The Kier molecular flexibility index (Phi) is 5.85. The Morgan fingerprint density at radius 3 is 2.78 bits per heavy atom. The molecule has 14 heteroatoms. The van der Waals surface area contributed by atoms with Crippen molar-refractivity contribution in [2.75, 3.05) is 12.3 Å². The summed E-state index contributed by atoms with van der Waals surface area (Å²) in [6.07, 6.45) is 1.42. The number of hydrogen-bond donors (Lipinski definition) is 4. The molecule has 0 atom stereocenters. The third-order valence-corrected chi connectivity index (χ3v) is 4.89. The molecule has 0 unspecified atom stereocenters. The number of benzene rings is 1. The normalized spacial score (nSPS) is 11.0. The predicted molar refractivity (Wildman–Crippen MR) is 110 cm³/mol. The third-order valence-electron chi connectivity index (χ3n) is 4.01. The van der Waals surface area contributed by atoms with Crippen molar-refractivity contribution in [1.29, 1.82) is 0 Å². The van der Waals surface area contributed by atoms with Crippen LogP contribution in [-0.4, -0.2) is 50.4 Å². The summed E-state index contributed by atoms with van der Waals surface area (Å²) in [7, 11) is 0. The molecule has 13 nitrogen and oxygen atoms in total. The number of carboxylic acids is 1. The minimum atomic E-state index is -1.07. The van der Waals surface area contributed by atoms with E-state index < -0.39 is 18.5 Å². The van der Waals surface area contributed by atoms with Crippen LogP contribution in [0.15, 0.2) is 51.5 Å². The molecule has 162 valence electrons. The van der Waals surface area contributed by atoms with Gasteiger partial charge in [0.25, 0.3) is 11.5 Å². The first-order valence-electron chi connectivity index (χ1n) is 8.93. The molecule has 0 bridgehead atoms. The minimum absolute atomic E-state index is 0.0252. The summed E-state index contributed by atoms with van der Waals surface area (Å²) < 4.78 is 11.1. The number of amides is 1. The molecule has 4 aromatic rings. The lowest BCUT2D eigenvalue weighted by Crippen LogP contribution is -2.36. The number of aromatic amines is 1. The second-order valence-electron chi connectivity index (χ2n) is 6.15. The lowest BCUT2D eigenvalue weighted by atomic mass is 10.2. The standard InChI is InChI=1S/C18H14N8O5S/c19-16-17(24-31-23-16)26-15(12-2-1-7-32-12)14(21-25-26)18(29)22-20-8-10-3-5-11(6-4-10)30-9-13(27)28/h1-8H,9H2,(H4,19,22,23,27,28,29)/p+1/b20-8+. The Morgan fingerprint density at radius 2 is 2.12 bits per heavy atom. The molecular formula is C18H15N8O5S+. The second kappa shape index (κ2) is 9.05. The van der Waals surface area contributed by atoms with Crippen LogP contribution >= 0.6 is 11.3 Å². The average Bonchev–Trinajstić information content (AvgIpc) is 3.53. The second-order valence-corrected chi connectivity index (χ2v) is 7.09. The van der Waals surface area contributed by atoms with E-state index in [1.807, 2.05) is 17.5 Å². The highest BCUT2D eigenvalue weighted by molar-refractivity contribution is 7.13. The number of anilines is 1. The number of thiophene rings is 1. The summed E-state index contributed by atoms with van der Waals surface area (Å²) in [6, 6.07) is 10.1. The number of carbonyl (C=O) groups excluding carboxylic acids is 1. The fraction of sp³-hybridized carbons (Fsp3) is 0.0556. The predicted octanol–water partition coefficient (Wildman–Crippen LogP) is 0.607. The van der Waals surface area contributed by atoms with Crippen molar-refractivity contribution in [3.63, 3.8) is 0 Å². The highest BCUT2D eigenvalue weighted by atomic mass is 32.1. The minimum Gasteiger partial charge on any atom is -0.482 e. The van der Waals surface area contributed by atoms with E-state index >= 15 is 0 Å². The van der Waals surface area contributed by atoms with E-state index in [-0.39, 0.29) is 17.3 Å². The number of carboxylic acid groups (broad SMARTS) is 1. The quantitative estimate of drug-likeness (QED) is 0.168. The van der Waals surface area contributed by atoms with Gasteiger partial charge in [0.2, 0.25) is 0 Å². The van der Waals surface area contributed by atoms with E-state index in [4.69, 9.17) is 15.6 Å². The van der Waals surface area contributed by atoms with Crippen LogP contribution in [0.3, 0.4) is 0 Å². The summed E-state index contributed by atoms with van der Waals surface area (Å²) in [5, 5.41) is 28.5. The van der Waals surface area contributed by atoms with Crippen molar-refractivity contribution in [1.82, 2.24) is 26.1 Å². The zero-order chi connectivity index (χ0) is 22.5. The summed E-state index contributed by atoms with van der Waals surface area (Å²) in [5.41, 5.74) is 9.32. The van der Waals surface area contributed by atoms with E-state index in [9.17, 15) is 9.59 Å². The highest BCUT2D eigenvalue weighted by Crippen LogP contribution is 2.25. The molecule has 5 N–H and O–H groups in total.